The minimum atomic E-state index is -0.763. The number of rotatable bonds is 7. The second-order valence-electron chi connectivity index (χ2n) is 10.5. The van der Waals surface area contributed by atoms with Crippen LogP contribution in [0, 0.1) is 5.92 Å². The van der Waals surface area contributed by atoms with E-state index in [0.29, 0.717) is 43.4 Å². The van der Waals surface area contributed by atoms with Gasteiger partial charge in [0.1, 0.15) is 5.25 Å². The molecule has 3 amide bonds. The van der Waals surface area contributed by atoms with Crippen molar-refractivity contribution in [3.63, 3.8) is 0 Å². The van der Waals surface area contributed by atoms with Gasteiger partial charge in [-0.25, -0.2) is 4.90 Å². The van der Waals surface area contributed by atoms with E-state index in [4.69, 9.17) is 21.1 Å². The molecule has 2 aliphatic rings. The van der Waals surface area contributed by atoms with Gasteiger partial charge in [-0.2, -0.15) is 0 Å². The fourth-order valence-corrected chi connectivity index (χ4v) is 8.47. The average molecular weight is 658 g/mol. The number of halogens is 1. The Morgan fingerprint density at radius 3 is 2.49 bits per heavy atom. The Hall–Kier alpha value is -4.58. The lowest BCUT2D eigenvalue weighted by Gasteiger charge is -2.30. The fraction of sp³-hybridized carbons (Fsp3) is 0.152. The molecule has 0 spiro atoms. The molecule has 0 aliphatic carbocycles. The van der Waals surface area contributed by atoms with Crippen LogP contribution in [-0.2, 0) is 14.4 Å². The number of anilines is 2. The number of nitrogens with one attached hydrogen (secondary N) is 2. The van der Waals surface area contributed by atoms with Crippen molar-refractivity contribution in [2.45, 2.75) is 16.2 Å². The van der Waals surface area contributed by atoms with Gasteiger partial charge in [-0.3, -0.25) is 19.2 Å². The number of benzene rings is 4. The summed E-state index contributed by atoms with van der Waals surface area (Å²) in [4.78, 5) is 57.2. The van der Waals surface area contributed by atoms with E-state index in [1.54, 1.807) is 42.5 Å². The van der Waals surface area contributed by atoms with Gasteiger partial charge in [0.25, 0.3) is 5.91 Å². The third-order valence-electron chi connectivity index (χ3n) is 7.85. The van der Waals surface area contributed by atoms with Crippen LogP contribution < -0.4 is 24.6 Å². The molecular weight excluding hydrogens is 634 g/mol. The standard InChI is InChI=1S/C33H24ClN3O6S2/c1-42-24-15-19(7-13-23(24)43-16-25(38)35-21-10-6-17-4-2-3-5-18(17)14-21)26-27-29(44-30-28(26)45-33(41)36-30)32(40)37(31(27)39)22-11-8-20(34)9-12-22/h2-15,26-27,29H,16H2,1H3,(H,35,38)(H,36,41)/t26-,27-,29+/m0/s1. The van der Waals surface area contributed by atoms with Gasteiger partial charge in [-0.05, 0) is 64.9 Å². The summed E-state index contributed by atoms with van der Waals surface area (Å²) in [5.41, 5.74) is 1.76. The number of hydrogen-bond donors (Lipinski definition) is 2. The molecule has 7 rings (SSSR count). The Bertz CT molecular complexity index is 2040. The van der Waals surface area contributed by atoms with Gasteiger partial charge in [0.05, 0.1) is 23.7 Å². The summed E-state index contributed by atoms with van der Waals surface area (Å²) >= 11 is 8.27. The van der Waals surface area contributed by atoms with Gasteiger partial charge in [0.15, 0.2) is 18.1 Å². The van der Waals surface area contributed by atoms with E-state index in [1.165, 1.54) is 23.8 Å². The predicted octanol–water partition coefficient (Wildman–Crippen LogP) is 6.06. The second-order valence-corrected chi connectivity index (χ2v) is 13.2. The number of carbonyl (C=O) groups is 3. The molecule has 0 bridgehead atoms. The van der Waals surface area contributed by atoms with Crippen LogP contribution in [0.2, 0.25) is 5.02 Å². The predicted molar refractivity (Wildman–Crippen MR) is 175 cm³/mol. The summed E-state index contributed by atoms with van der Waals surface area (Å²) in [5.74, 6) is -1.75. The molecule has 1 aromatic heterocycles. The van der Waals surface area contributed by atoms with Gasteiger partial charge in [-0.1, -0.05) is 71.1 Å². The molecule has 4 aromatic carbocycles. The highest BCUT2D eigenvalue weighted by Gasteiger charge is 2.56. The number of carbonyl (C=O) groups excluding carboxylic acids is 3. The summed E-state index contributed by atoms with van der Waals surface area (Å²) in [6.45, 7) is -0.264. The number of aromatic amines is 1. The summed E-state index contributed by atoms with van der Waals surface area (Å²) < 4.78 is 11.5. The molecule has 2 aliphatic heterocycles. The molecule has 0 saturated carbocycles. The number of hydrogen-bond acceptors (Lipinski definition) is 8. The minimum Gasteiger partial charge on any atom is -0.493 e. The van der Waals surface area contributed by atoms with Gasteiger partial charge in [0, 0.05) is 21.5 Å². The van der Waals surface area contributed by atoms with Crippen LogP contribution in [0.15, 0.2) is 94.7 Å². The summed E-state index contributed by atoms with van der Waals surface area (Å²) in [6, 6.07) is 25.2. The molecule has 3 atom stereocenters. The van der Waals surface area contributed by atoms with Gasteiger partial charge < -0.3 is 19.8 Å². The van der Waals surface area contributed by atoms with Crippen LogP contribution >= 0.6 is 34.7 Å². The summed E-state index contributed by atoms with van der Waals surface area (Å²) in [6.07, 6.45) is 0. The average Bonchev–Trinajstić information content (AvgIpc) is 3.54. The smallest absolute Gasteiger partial charge is 0.305 e. The van der Waals surface area contributed by atoms with Gasteiger partial charge >= 0.3 is 4.87 Å². The first kappa shape index (κ1) is 29.1. The van der Waals surface area contributed by atoms with Crippen LogP contribution in [0.1, 0.15) is 16.4 Å². The fourth-order valence-electron chi connectivity index (χ4n) is 5.83. The molecule has 5 aromatic rings. The molecule has 3 heterocycles. The lowest BCUT2D eigenvalue weighted by molar-refractivity contribution is -0.122. The van der Waals surface area contributed by atoms with Crippen LogP contribution in [0.5, 0.6) is 11.5 Å². The maximum atomic E-state index is 13.9. The van der Waals surface area contributed by atoms with Crippen molar-refractivity contribution in [2.24, 2.45) is 5.92 Å². The molecule has 1 saturated heterocycles. The number of imide groups is 1. The highest BCUT2D eigenvalue weighted by atomic mass is 35.5. The number of fused-ring (bicyclic) bond motifs is 3. The van der Waals surface area contributed by atoms with E-state index in [1.807, 2.05) is 42.5 Å². The van der Waals surface area contributed by atoms with E-state index >= 15 is 0 Å². The SMILES string of the molecule is COc1cc([C@@H]2c3sc(=O)[nH]c3S[C@H]3C(=O)N(c4ccc(Cl)cc4)C(=O)[C@@H]23)ccc1OCC(=O)Nc1ccc2ccccc2c1. The van der Waals surface area contributed by atoms with Crippen molar-refractivity contribution < 1.29 is 23.9 Å². The van der Waals surface area contributed by atoms with Crippen LogP contribution in [0.25, 0.3) is 10.8 Å². The molecular formula is C33H24ClN3O6S2. The lowest BCUT2D eigenvalue weighted by atomic mass is 9.83. The first-order valence-electron chi connectivity index (χ1n) is 13.9. The maximum absolute atomic E-state index is 13.9. The Labute approximate surface area is 270 Å². The number of thioether (sulfide) groups is 1. The molecule has 0 unspecified atom stereocenters. The normalized spacial score (nSPS) is 18.9. The largest absolute Gasteiger partial charge is 0.493 e. The summed E-state index contributed by atoms with van der Waals surface area (Å²) in [7, 11) is 1.48. The first-order valence-corrected chi connectivity index (χ1v) is 16.0. The van der Waals surface area contributed by atoms with Crippen molar-refractivity contribution in [3.8, 4) is 11.5 Å². The quantitative estimate of drug-likeness (QED) is 0.204. The number of nitrogens with zero attached hydrogens (tertiary/aromatic N) is 1. The molecule has 9 nitrogen and oxygen atoms in total. The van der Waals surface area contributed by atoms with Crippen LogP contribution in [0.4, 0.5) is 11.4 Å². The molecule has 45 heavy (non-hydrogen) atoms. The van der Waals surface area contributed by atoms with E-state index in [-0.39, 0.29) is 29.2 Å². The third-order valence-corrected chi connectivity index (χ3v) is 10.5. The number of methoxy groups -OCH3 is 1. The molecule has 226 valence electrons. The highest BCUT2D eigenvalue weighted by molar-refractivity contribution is 8.00. The number of ether oxygens (including phenoxy) is 2. The van der Waals surface area contributed by atoms with Crippen molar-refractivity contribution in [2.75, 3.05) is 23.9 Å². The Kier molecular flexibility index (Phi) is 7.60. The number of amides is 3. The number of aromatic nitrogens is 1. The zero-order valence-corrected chi connectivity index (χ0v) is 26.0. The zero-order valence-electron chi connectivity index (χ0n) is 23.6. The highest BCUT2D eigenvalue weighted by Crippen LogP contribution is 2.53. The number of thiazole rings is 1. The molecule has 12 heteroatoms. The molecule has 2 N–H and O–H groups in total. The second kappa shape index (κ2) is 11.7. The Morgan fingerprint density at radius 1 is 0.933 bits per heavy atom. The minimum absolute atomic E-state index is 0.264. The molecule has 0 radical (unpaired) electrons. The topological polar surface area (TPSA) is 118 Å². The van der Waals surface area contributed by atoms with Gasteiger partial charge in [-0.15, -0.1) is 0 Å². The van der Waals surface area contributed by atoms with E-state index < -0.39 is 17.1 Å². The maximum Gasteiger partial charge on any atom is 0.305 e. The van der Waals surface area contributed by atoms with Crippen molar-refractivity contribution in [1.29, 1.82) is 0 Å². The third kappa shape index (κ3) is 5.37. The first-order chi connectivity index (χ1) is 21.8. The van der Waals surface area contributed by atoms with E-state index in [0.717, 1.165) is 22.1 Å². The van der Waals surface area contributed by atoms with E-state index in [9.17, 15) is 19.2 Å². The Balaban J connectivity index is 1.15. The van der Waals surface area contributed by atoms with Crippen molar-refractivity contribution in [1.82, 2.24) is 4.98 Å². The number of H-pyrrole nitrogens is 1. The van der Waals surface area contributed by atoms with Crippen molar-refractivity contribution in [3.05, 3.63) is 110 Å². The zero-order chi connectivity index (χ0) is 31.2. The Morgan fingerprint density at radius 2 is 1.71 bits per heavy atom. The van der Waals surface area contributed by atoms with Gasteiger partial charge in [0.2, 0.25) is 11.8 Å². The van der Waals surface area contributed by atoms with Crippen LogP contribution in [0.3, 0.4) is 0 Å². The van der Waals surface area contributed by atoms with E-state index in [2.05, 4.69) is 10.3 Å². The molecule has 1 fully saturated rings. The monoisotopic (exact) mass is 657 g/mol. The lowest BCUT2D eigenvalue weighted by Crippen LogP contribution is -2.32. The van der Waals surface area contributed by atoms with Crippen molar-refractivity contribution >= 4 is 74.6 Å². The summed E-state index contributed by atoms with van der Waals surface area (Å²) in [5, 5.41) is 5.25. The van der Waals surface area contributed by atoms with Crippen LogP contribution in [-0.4, -0.2) is 41.7 Å².